The zero-order chi connectivity index (χ0) is 19.6. The van der Waals surface area contributed by atoms with E-state index in [9.17, 15) is 17.6 Å². The van der Waals surface area contributed by atoms with E-state index in [1.54, 1.807) is 24.0 Å². The highest BCUT2D eigenvalue weighted by Crippen LogP contribution is 2.20. The maximum Gasteiger partial charge on any atom is 0.253 e. The molecule has 0 atom stereocenters. The van der Waals surface area contributed by atoms with E-state index in [2.05, 4.69) is 4.72 Å². The first-order valence-electron chi connectivity index (χ1n) is 8.91. The summed E-state index contributed by atoms with van der Waals surface area (Å²) in [5, 5.41) is 0. The number of rotatable bonds is 4. The van der Waals surface area contributed by atoms with Crippen LogP contribution in [0, 0.1) is 19.7 Å². The summed E-state index contributed by atoms with van der Waals surface area (Å²) in [4.78, 5) is 14.4. The van der Waals surface area contributed by atoms with Gasteiger partial charge >= 0.3 is 0 Å². The molecular formula is C20H23FN2O3S. The van der Waals surface area contributed by atoms with Gasteiger partial charge in [-0.05, 0) is 62.6 Å². The van der Waals surface area contributed by atoms with Gasteiger partial charge in [-0.15, -0.1) is 0 Å². The highest BCUT2D eigenvalue weighted by molar-refractivity contribution is 7.89. The quantitative estimate of drug-likeness (QED) is 0.873. The molecule has 0 unspecified atom stereocenters. The molecule has 1 fully saturated rings. The molecule has 27 heavy (non-hydrogen) atoms. The van der Waals surface area contributed by atoms with E-state index in [4.69, 9.17) is 0 Å². The lowest BCUT2D eigenvalue weighted by Gasteiger charge is -2.32. The summed E-state index contributed by atoms with van der Waals surface area (Å²) >= 11 is 0. The van der Waals surface area contributed by atoms with E-state index in [1.807, 2.05) is 13.0 Å². The minimum absolute atomic E-state index is 0.161. The number of amides is 1. The van der Waals surface area contributed by atoms with Gasteiger partial charge in [-0.25, -0.2) is 17.5 Å². The Labute approximate surface area is 159 Å². The molecule has 0 spiro atoms. The number of carbonyl (C=O) groups excluding carboxylic acids is 1. The van der Waals surface area contributed by atoms with Crippen LogP contribution in [-0.2, 0) is 10.0 Å². The first-order valence-corrected chi connectivity index (χ1v) is 10.4. The van der Waals surface area contributed by atoms with Crippen molar-refractivity contribution >= 4 is 15.9 Å². The number of hydrogen-bond donors (Lipinski definition) is 1. The Morgan fingerprint density at radius 2 is 1.70 bits per heavy atom. The van der Waals surface area contributed by atoms with Crippen LogP contribution < -0.4 is 4.72 Å². The van der Waals surface area contributed by atoms with Crippen molar-refractivity contribution in [3.05, 3.63) is 65.0 Å². The largest absolute Gasteiger partial charge is 0.339 e. The summed E-state index contributed by atoms with van der Waals surface area (Å²) in [7, 11) is -3.60. The van der Waals surface area contributed by atoms with Crippen molar-refractivity contribution in [2.45, 2.75) is 37.6 Å². The smallest absolute Gasteiger partial charge is 0.253 e. The van der Waals surface area contributed by atoms with Gasteiger partial charge in [0.25, 0.3) is 5.91 Å². The topological polar surface area (TPSA) is 66.5 Å². The zero-order valence-electron chi connectivity index (χ0n) is 15.4. The van der Waals surface area contributed by atoms with E-state index >= 15 is 0 Å². The third-order valence-corrected chi connectivity index (χ3v) is 6.50. The number of benzene rings is 2. The van der Waals surface area contributed by atoms with Crippen LogP contribution in [-0.4, -0.2) is 38.4 Å². The van der Waals surface area contributed by atoms with E-state index in [1.165, 1.54) is 24.3 Å². The predicted molar refractivity (Wildman–Crippen MR) is 102 cm³/mol. The lowest BCUT2D eigenvalue weighted by Crippen LogP contribution is -2.46. The second-order valence-corrected chi connectivity index (χ2v) is 8.65. The molecule has 1 saturated heterocycles. The number of carbonyl (C=O) groups is 1. The number of nitrogens with zero attached hydrogens (tertiary/aromatic N) is 1. The van der Waals surface area contributed by atoms with Crippen LogP contribution in [0.3, 0.4) is 0 Å². The Balaban J connectivity index is 1.62. The van der Waals surface area contributed by atoms with Gasteiger partial charge in [0, 0.05) is 24.7 Å². The summed E-state index contributed by atoms with van der Waals surface area (Å²) in [5.41, 5.74) is 2.16. The molecule has 0 aromatic heterocycles. The van der Waals surface area contributed by atoms with Crippen molar-refractivity contribution in [1.82, 2.24) is 9.62 Å². The molecule has 5 nitrogen and oxygen atoms in total. The highest BCUT2D eigenvalue weighted by Gasteiger charge is 2.27. The van der Waals surface area contributed by atoms with Crippen molar-refractivity contribution in [2.75, 3.05) is 13.1 Å². The molecule has 7 heteroatoms. The van der Waals surface area contributed by atoms with Gasteiger partial charge < -0.3 is 4.90 Å². The third kappa shape index (κ3) is 4.54. The molecular weight excluding hydrogens is 367 g/mol. The van der Waals surface area contributed by atoms with Crippen LogP contribution in [0.25, 0.3) is 0 Å². The summed E-state index contributed by atoms with van der Waals surface area (Å²) < 4.78 is 41.1. The second kappa shape index (κ2) is 7.78. The number of hydrogen-bond acceptors (Lipinski definition) is 3. The van der Waals surface area contributed by atoms with E-state index in [0.717, 1.165) is 5.56 Å². The van der Waals surface area contributed by atoms with Crippen LogP contribution in [0.5, 0.6) is 0 Å². The predicted octanol–water partition coefficient (Wildman–Crippen LogP) is 3.03. The van der Waals surface area contributed by atoms with Gasteiger partial charge in [-0.1, -0.05) is 17.7 Å². The molecule has 0 saturated carbocycles. The summed E-state index contributed by atoms with van der Waals surface area (Å²) in [6.45, 7) is 4.61. The van der Waals surface area contributed by atoms with Crippen LogP contribution >= 0.6 is 0 Å². The number of piperidine rings is 1. The highest BCUT2D eigenvalue weighted by atomic mass is 32.2. The van der Waals surface area contributed by atoms with Crippen LogP contribution in [0.2, 0.25) is 0 Å². The first-order chi connectivity index (χ1) is 12.8. The SMILES string of the molecule is Cc1ccc(S(=O)(=O)NC2CCN(C(=O)c3ccc(F)cc3)CC2)c(C)c1. The molecule has 1 N–H and O–H groups in total. The molecule has 1 aliphatic rings. The number of sulfonamides is 1. The van der Waals surface area contributed by atoms with Gasteiger partial charge in [-0.2, -0.15) is 0 Å². The molecule has 2 aromatic carbocycles. The average molecular weight is 390 g/mol. The van der Waals surface area contributed by atoms with E-state index < -0.39 is 10.0 Å². The van der Waals surface area contributed by atoms with Crippen molar-refractivity contribution in [2.24, 2.45) is 0 Å². The van der Waals surface area contributed by atoms with Crippen molar-refractivity contribution in [3.63, 3.8) is 0 Å². The third-order valence-electron chi connectivity index (χ3n) is 4.82. The minimum atomic E-state index is -3.60. The zero-order valence-corrected chi connectivity index (χ0v) is 16.2. The molecule has 0 radical (unpaired) electrons. The monoisotopic (exact) mass is 390 g/mol. The minimum Gasteiger partial charge on any atom is -0.339 e. The van der Waals surface area contributed by atoms with Gasteiger partial charge in [0.1, 0.15) is 5.82 Å². The van der Waals surface area contributed by atoms with Gasteiger partial charge in [0.2, 0.25) is 10.0 Å². The molecule has 1 aliphatic heterocycles. The molecule has 0 aliphatic carbocycles. The summed E-state index contributed by atoms with van der Waals surface area (Å²) in [5.74, 6) is -0.545. The lowest BCUT2D eigenvalue weighted by atomic mass is 10.0. The standard InChI is InChI=1S/C20H23FN2O3S/c1-14-3-8-19(15(2)13-14)27(25,26)22-18-9-11-23(12-10-18)20(24)16-4-6-17(21)7-5-16/h3-8,13,18,22H,9-12H2,1-2H3. The summed E-state index contributed by atoms with van der Waals surface area (Å²) in [6, 6.07) is 10.5. The second-order valence-electron chi connectivity index (χ2n) is 6.96. The molecule has 1 heterocycles. The maximum absolute atomic E-state index is 13.0. The Morgan fingerprint density at radius 1 is 1.07 bits per heavy atom. The van der Waals surface area contributed by atoms with E-state index in [-0.39, 0.29) is 22.7 Å². The summed E-state index contributed by atoms with van der Waals surface area (Å²) in [6.07, 6.45) is 1.08. The molecule has 0 bridgehead atoms. The first kappa shape index (κ1) is 19.5. The van der Waals surface area contributed by atoms with E-state index in [0.29, 0.717) is 37.1 Å². The molecule has 2 aromatic rings. The Kier molecular flexibility index (Phi) is 5.62. The number of likely N-dealkylation sites (tertiary alicyclic amines) is 1. The fourth-order valence-electron chi connectivity index (χ4n) is 3.36. The molecule has 144 valence electrons. The Bertz CT molecular complexity index is 934. The number of halogens is 1. The van der Waals surface area contributed by atoms with Gasteiger partial charge in [-0.3, -0.25) is 4.79 Å². The number of aryl methyl sites for hydroxylation is 2. The normalized spacial score (nSPS) is 15.7. The van der Waals surface area contributed by atoms with Crippen molar-refractivity contribution in [1.29, 1.82) is 0 Å². The fraction of sp³-hybridized carbons (Fsp3) is 0.350. The average Bonchev–Trinajstić information content (AvgIpc) is 2.62. The molecule has 1 amide bonds. The van der Waals surface area contributed by atoms with Crippen molar-refractivity contribution < 1.29 is 17.6 Å². The van der Waals surface area contributed by atoms with Gasteiger partial charge in [0.15, 0.2) is 0 Å². The van der Waals surface area contributed by atoms with Crippen LogP contribution in [0.15, 0.2) is 47.4 Å². The van der Waals surface area contributed by atoms with Crippen molar-refractivity contribution in [3.8, 4) is 0 Å². The Hall–Kier alpha value is -2.25. The fourth-order valence-corrected chi connectivity index (χ4v) is 4.89. The Morgan fingerprint density at radius 3 is 2.30 bits per heavy atom. The molecule has 3 rings (SSSR count). The maximum atomic E-state index is 13.0. The van der Waals surface area contributed by atoms with Gasteiger partial charge in [0.05, 0.1) is 4.90 Å². The van der Waals surface area contributed by atoms with Crippen LogP contribution in [0.1, 0.15) is 34.3 Å². The number of nitrogens with one attached hydrogen (secondary N) is 1. The lowest BCUT2D eigenvalue weighted by molar-refractivity contribution is 0.0711. The van der Waals surface area contributed by atoms with Crippen LogP contribution in [0.4, 0.5) is 4.39 Å².